The largest absolute Gasteiger partial charge is 0.444 e. The van der Waals surface area contributed by atoms with Crippen LogP contribution >= 0.6 is 0 Å². The van der Waals surface area contributed by atoms with Gasteiger partial charge in [-0.15, -0.1) is 0 Å². The maximum absolute atomic E-state index is 12.2. The second-order valence-corrected chi connectivity index (χ2v) is 7.35. The Labute approximate surface area is 141 Å². The van der Waals surface area contributed by atoms with Crippen molar-refractivity contribution < 1.29 is 14.3 Å². The number of methoxy groups -OCH3 is 1. The minimum atomic E-state index is -0.438. The highest BCUT2D eigenvalue weighted by Crippen LogP contribution is 2.16. The van der Waals surface area contributed by atoms with Gasteiger partial charge in [-0.05, 0) is 59.4 Å². The standard InChI is InChI=1S/C17H35N3O3/c1-17(2,3)23-16(21)20-11-6-8-14(9-12-20)19-15(13-22-4)7-5-10-18/h14-15,19H,5-13,18H2,1-4H3. The van der Waals surface area contributed by atoms with Crippen LogP contribution in [0.5, 0.6) is 0 Å². The van der Waals surface area contributed by atoms with Crippen LogP contribution in [0.1, 0.15) is 52.9 Å². The summed E-state index contributed by atoms with van der Waals surface area (Å²) < 4.78 is 10.8. The van der Waals surface area contributed by atoms with E-state index in [2.05, 4.69) is 5.32 Å². The molecule has 0 aromatic rings. The van der Waals surface area contributed by atoms with Gasteiger partial charge >= 0.3 is 6.09 Å². The summed E-state index contributed by atoms with van der Waals surface area (Å²) in [5.41, 5.74) is 5.17. The van der Waals surface area contributed by atoms with Gasteiger partial charge in [-0.25, -0.2) is 4.79 Å². The minimum Gasteiger partial charge on any atom is -0.444 e. The van der Waals surface area contributed by atoms with E-state index in [-0.39, 0.29) is 6.09 Å². The zero-order chi connectivity index (χ0) is 17.3. The molecule has 6 heteroatoms. The van der Waals surface area contributed by atoms with E-state index in [1.54, 1.807) is 7.11 Å². The normalized spacial score (nSPS) is 20.9. The molecule has 23 heavy (non-hydrogen) atoms. The lowest BCUT2D eigenvalue weighted by atomic mass is 10.1. The highest BCUT2D eigenvalue weighted by atomic mass is 16.6. The lowest BCUT2D eigenvalue weighted by Crippen LogP contribution is -2.42. The molecule has 1 saturated heterocycles. The first kappa shape index (κ1) is 20.2. The molecule has 3 N–H and O–H groups in total. The molecular weight excluding hydrogens is 294 g/mol. The minimum absolute atomic E-state index is 0.199. The topological polar surface area (TPSA) is 76.8 Å². The summed E-state index contributed by atoms with van der Waals surface area (Å²) in [5, 5.41) is 3.68. The molecule has 1 aliphatic rings. The fraction of sp³-hybridized carbons (Fsp3) is 0.941. The van der Waals surface area contributed by atoms with Crippen molar-refractivity contribution in [1.29, 1.82) is 0 Å². The number of amides is 1. The summed E-state index contributed by atoms with van der Waals surface area (Å²) >= 11 is 0. The Morgan fingerprint density at radius 2 is 2.09 bits per heavy atom. The number of nitrogens with two attached hydrogens (primary N) is 1. The van der Waals surface area contributed by atoms with E-state index in [0.29, 0.717) is 25.2 Å². The summed E-state index contributed by atoms with van der Waals surface area (Å²) in [6, 6.07) is 0.752. The molecule has 1 fully saturated rings. The Balaban J connectivity index is 2.45. The third-order valence-corrected chi connectivity index (χ3v) is 3.98. The zero-order valence-electron chi connectivity index (χ0n) is 15.3. The number of carbonyl (C=O) groups is 1. The predicted octanol–water partition coefficient (Wildman–Crippen LogP) is 2.12. The van der Waals surface area contributed by atoms with Crippen molar-refractivity contribution in [1.82, 2.24) is 10.2 Å². The molecule has 2 unspecified atom stereocenters. The molecule has 0 aromatic carbocycles. The molecule has 136 valence electrons. The van der Waals surface area contributed by atoms with Crippen molar-refractivity contribution in [2.75, 3.05) is 33.4 Å². The van der Waals surface area contributed by atoms with Gasteiger partial charge in [-0.1, -0.05) is 0 Å². The molecule has 1 aliphatic heterocycles. The van der Waals surface area contributed by atoms with Crippen LogP contribution in [0.2, 0.25) is 0 Å². The van der Waals surface area contributed by atoms with Gasteiger partial charge in [-0.3, -0.25) is 0 Å². The van der Waals surface area contributed by atoms with Gasteiger partial charge in [-0.2, -0.15) is 0 Å². The summed E-state index contributed by atoms with van der Waals surface area (Å²) in [7, 11) is 1.73. The summed E-state index contributed by atoms with van der Waals surface area (Å²) in [4.78, 5) is 14.0. The number of carbonyl (C=O) groups excluding carboxylic acids is 1. The van der Waals surface area contributed by atoms with E-state index < -0.39 is 5.60 Å². The molecule has 6 nitrogen and oxygen atoms in total. The van der Waals surface area contributed by atoms with Gasteiger partial charge in [0.25, 0.3) is 0 Å². The molecule has 0 saturated carbocycles. The van der Waals surface area contributed by atoms with Crippen LogP contribution in [0.25, 0.3) is 0 Å². The van der Waals surface area contributed by atoms with Crippen LogP contribution in [0.3, 0.4) is 0 Å². The molecular formula is C17H35N3O3. The van der Waals surface area contributed by atoms with Crippen molar-refractivity contribution in [3.05, 3.63) is 0 Å². The average Bonchev–Trinajstić information content (AvgIpc) is 2.69. The van der Waals surface area contributed by atoms with Crippen LogP contribution in [-0.2, 0) is 9.47 Å². The molecule has 1 amide bonds. The van der Waals surface area contributed by atoms with Crippen LogP contribution in [-0.4, -0.2) is 62.0 Å². The second-order valence-electron chi connectivity index (χ2n) is 7.35. The van der Waals surface area contributed by atoms with E-state index in [1.807, 2.05) is 25.7 Å². The van der Waals surface area contributed by atoms with Crippen LogP contribution in [0, 0.1) is 0 Å². The Morgan fingerprint density at radius 1 is 1.35 bits per heavy atom. The monoisotopic (exact) mass is 329 g/mol. The number of hydrogen-bond donors (Lipinski definition) is 2. The van der Waals surface area contributed by atoms with Gasteiger partial charge < -0.3 is 25.4 Å². The Bertz CT molecular complexity index is 344. The smallest absolute Gasteiger partial charge is 0.410 e. The number of likely N-dealkylation sites (tertiary alicyclic amines) is 1. The van der Waals surface area contributed by atoms with Gasteiger partial charge in [0.1, 0.15) is 5.60 Å². The summed E-state index contributed by atoms with van der Waals surface area (Å²) in [6.07, 6.45) is 4.83. The van der Waals surface area contributed by atoms with E-state index in [4.69, 9.17) is 15.2 Å². The number of hydrogen-bond acceptors (Lipinski definition) is 5. The molecule has 2 atom stereocenters. The third kappa shape index (κ3) is 8.53. The molecule has 1 heterocycles. The third-order valence-electron chi connectivity index (χ3n) is 3.98. The molecule has 0 aromatic heterocycles. The van der Waals surface area contributed by atoms with Gasteiger partial charge in [0, 0.05) is 32.3 Å². The number of rotatable bonds is 7. The quantitative estimate of drug-likeness (QED) is 0.748. The average molecular weight is 329 g/mol. The van der Waals surface area contributed by atoms with E-state index in [0.717, 1.165) is 45.2 Å². The maximum Gasteiger partial charge on any atom is 0.410 e. The first-order valence-electron chi connectivity index (χ1n) is 8.78. The van der Waals surface area contributed by atoms with Crippen molar-refractivity contribution in [3.63, 3.8) is 0 Å². The maximum atomic E-state index is 12.2. The first-order chi connectivity index (χ1) is 10.9. The van der Waals surface area contributed by atoms with Crippen LogP contribution in [0.15, 0.2) is 0 Å². The van der Waals surface area contributed by atoms with Gasteiger partial charge in [0.2, 0.25) is 0 Å². The van der Waals surface area contributed by atoms with Crippen molar-refractivity contribution >= 4 is 6.09 Å². The van der Waals surface area contributed by atoms with Crippen LogP contribution in [0.4, 0.5) is 4.79 Å². The zero-order valence-corrected chi connectivity index (χ0v) is 15.3. The Hall–Kier alpha value is -0.850. The predicted molar refractivity (Wildman–Crippen MR) is 92.5 cm³/mol. The van der Waals surface area contributed by atoms with E-state index in [1.165, 1.54) is 0 Å². The van der Waals surface area contributed by atoms with Crippen molar-refractivity contribution in [2.24, 2.45) is 5.73 Å². The van der Waals surface area contributed by atoms with Crippen molar-refractivity contribution in [2.45, 2.75) is 70.6 Å². The lowest BCUT2D eigenvalue weighted by Gasteiger charge is -2.27. The highest BCUT2D eigenvalue weighted by molar-refractivity contribution is 5.68. The number of nitrogens with zero attached hydrogens (tertiary/aromatic N) is 1. The molecule has 0 bridgehead atoms. The lowest BCUT2D eigenvalue weighted by molar-refractivity contribution is 0.0255. The fourth-order valence-corrected chi connectivity index (χ4v) is 2.89. The molecule has 0 spiro atoms. The highest BCUT2D eigenvalue weighted by Gasteiger charge is 2.26. The van der Waals surface area contributed by atoms with Crippen LogP contribution < -0.4 is 11.1 Å². The second kappa shape index (κ2) is 10.1. The Kier molecular flexibility index (Phi) is 8.87. The van der Waals surface area contributed by atoms with Crippen molar-refractivity contribution in [3.8, 4) is 0 Å². The van der Waals surface area contributed by atoms with Gasteiger partial charge in [0.15, 0.2) is 0 Å². The van der Waals surface area contributed by atoms with Gasteiger partial charge in [0.05, 0.1) is 6.61 Å². The molecule has 0 radical (unpaired) electrons. The van der Waals surface area contributed by atoms with E-state index >= 15 is 0 Å². The molecule has 1 rings (SSSR count). The first-order valence-corrected chi connectivity index (χ1v) is 8.78. The summed E-state index contributed by atoms with van der Waals surface area (Å²) in [6.45, 7) is 8.62. The molecule has 0 aliphatic carbocycles. The van der Waals surface area contributed by atoms with E-state index in [9.17, 15) is 4.79 Å². The summed E-state index contributed by atoms with van der Waals surface area (Å²) in [5.74, 6) is 0. The SMILES string of the molecule is COCC(CCCN)NC1CCCN(C(=O)OC(C)(C)C)CC1. The number of nitrogens with one attached hydrogen (secondary N) is 1. The fourth-order valence-electron chi connectivity index (χ4n) is 2.89. The number of ether oxygens (including phenoxy) is 2. The Morgan fingerprint density at radius 3 is 2.70 bits per heavy atom.